The molecule has 10 heteroatoms. The molecule has 32 heavy (non-hydrogen) atoms. The zero-order valence-electron chi connectivity index (χ0n) is 17.0. The van der Waals surface area contributed by atoms with Gasteiger partial charge in [0.25, 0.3) is 0 Å². The fourth-order valence-corrected chi connectivity index (χ4v) is 4.14. The third kappa shape index (κ3) is 3.89. The van der Waals surface area contributed by atoms with E-state index in [1.54, 1.807) is 18.2 Å². The number of hydrazone groups is 1. The maximum atomic E-state index is 13.9. The second kappa shape index (κ2) is 8.19. The number of H-pyrrole nitrogens is 1. The Morgan fingerprint density at radius 3 is 2.72 bits per heavy atom. The number of anilines is 1. The molecule has 166 valence electrons. The molecule has 1 atom stereocenters. The van der Waals surface area contributed by atoms with E-state index in [4.69, 9.17) is 4.74 Å². The van der Waals surface area contributed by atoms with Crippen LogP contribution in [0.25, 0.3) is 11.0 Å². The fourth-order valence-electron chi connectivity index (χ4n) is 4.14. The molecule has 1 aliphatic heterocycles. The molecule has 1 aromatic heterocycles. The van der Waals surface area contributed by atoms with Crippen LogP contribution < -0.4 is 10.7 Å². The van der Waals surface area contributed by atoms with Gasteiger partial charge in [0.1, 0.15) is 6.10 Å². The molecule has 2 aliphatic rings. The van der Waals surface area contributed by atoms with Crippen LogP contribution in [0.15, 0.2) is 35.4 Å². The van der Waals surface area contributed by atoms with E-state index in [1.807, 2.05) is 0 Å². The van der Waals surface area contributed by atoms with Crippen LogP contribution in [0.3, 0.4) is 0 Å². The minimum absolute atomic E-state index is 0.0720. The molecule has 0 bridgehead atoms. The predicted molar refractivity (Wildman–Crippen MR) is 113 cm³/mol. The Morgan fingerprint density at radius 1 is 1.12 bits per heavy atom. The number of aliphatic hydroxyl groups is 1. The topological polar surface area (TPSA) is 112 Å². The summed E-state index contributed by atoms with van der Waals surface area (Å²) >= 11 is 0. The first kappa shape index (κ1) is 20.4. The highest BCUT2D eigenvalue weighted by atomic mass is 19.2. The third-order valence-corrected chi connectivity index (χ3v) is 5.74. The Balaban J connectivity index is 1.39. The van der Waals surface area contributed by atoms with Gasteiger partial charge in [-0.1, -0.05) is 12.5 Å². The smallest absolute Gasteiger partial charge is 0.414 e. The van der Waals surface area contributed by atoms with Crippen molar-refractivity contribution in [1.82, 2.24) is 15.4 Å². The molecule has 0 radical (unpaired) electrons. The van der Waals surface area contributed by atoms with Gasteiger partial charge in [0.2, 0.25) is 5.95 Å². The molecule has 8 nitrogen and oxygen atoms in total. The van der Waals surface area contributed by atoms with Gasteiger partial charge in [-0.15, -0.1) is 0 Å². The van der Waals surface area contributed by atoms with Crippen molar-refractivity contribution in [3.63, 3.8) is 0 Å². The summed E-state index contributed by atoms with van der Waals surface area (Å²) in [6.45, 7) is 0. The normalized spacial score (nSPS) is 18.6. The summed E-state index contributed by atoms with van der Waals surface area (Å²) in [5.41, 5.74) is 5.07. The van der Waals surface area contributed by atoms with Gasteiger partial charge in [-0.2, -0.15) is 5.10 Å². The van der Waals surface area contributed by atoms with Crippen molar-refractivity contribution in [1.29, 1.82) is 0 Å². The van der Waals surface area contributed by atoms with Crippen molar-refractivity contribution in [2.45, 2.75) is 44.4 Å². The van der Waals surface area contributed by atoms with Crippen LogP contribution >= 0.6 is 0 Å². The molecule has 5 rings (SSSR count). The standard InChI is InChI=1S/C22H21F2N5O3/c23-15-9-13-14(10-16(15)24)20(30)29-28-19(13)11-6-7-17-18(8-11)26-21(25-17)27-22(31)32-12-4-2-1-3-5-12/h6-10,12,20,29-30H,1-5H2,(H2,25,26,27,31). The van der Waals surface area contributed by atoms with Gasteiger partial charge in [0.05, 0.1) is 16.7 Å². The molecule has 3 aromatic rings. The average Bonchev–Trinajstić information content (AvgIpc) is 3.17. The van der Waals surface area contributed by atoms with Crippen LogP contribution in [0.1, 0.15) is 55.0 Å². The number of amides is 1. The molecule has 1 unspecified atom stereocenters. The molecule has 1 fully saturated rings. The number of nitrogens with one attached hydrogen (secondary N) is 3. The number of ether oxygens (including phenoxy) is 1. The fraction of sp³-hybridized carbons (Fsp3) is 0.318. The van der Waals surface area contributed by atoms with Gasteiger partial charge in [0.15, 0.2) is 17.9 Å². The number of aromatic nitrogens is 2. The van der Waals surface area contributed by atoms with Gasteiger partial charge < -0.3 is 14.8 Å². The number of aromatic amines is 1. The number of imidazole rings is 1. The summed E-state index contributed by atoms with van der Waals surface area (Å²) < 4.78 is 33.0. The first-order valence-corrected chi connectivity index (χ1v) is 10.5. The van der Waals surface area contributed by atoms with E-state index >= 15 is 0 Å². The highest BCUT2D eigenvalue weighted by Gasteiger charge is 2.25. The summed E-state index contributed by atoms with van der Waals surface area (Å²) in [6, 6.07) is 7.13. The molecule has 2 aromatic carbocycles. The van der Waals surface area contributed by atoms with Crippen molar-refractivity contribution in [2.24, 2.45) is 5.10 Å². The molecule has 1 saturated carbocycles. The van der Waals surface area contributed by atoms with Crippen molar-refractivity contribution in [3.8, 4) is 0 Å². The number of carbonyl (C=O) groups is 1. The number of benzene rings is 2. The first-order valence-electron chi connectivity index (χ1n) is 10.5. The zero-order chi connectivity index (χ0) is 22.2. The van der Waals surface area contributed by atoms with Crippen molar-refractivity contribution < 1.29 is 23.4 Å². The Kier molecular flexibility index (Phi) is 5.22. The summed E-state index contributed by atoms with van der Waals surface area (Å²) in [4.78, 5) is 19.6. The highest BCUT2D eigenvalue weighted by molar-refractivity contribution is 6.15. The monoisotopic (exact) mass is 441 g/mol. The Bertz CT molecular complexity index is 1220. The maximum Gasteiger partial charge on any atom is 0.414 e. The van der Waals surface area contributed by atoms with E-state index < -0.39 is 24.0 Å². The van der Waals surface area contributed by atoms with Crippen molar-refractivity contribution >= 4 is 28.8 Å². The Hall–Kier alpha value is -3.53. The van der Waals surface area contributed by atoms with Crippen LogP contribution in [0, 0.1) is 11.6 Å². The van der Waals surface area contributed by atoms with E-state index in [0.717, 1.165) is 37.8 Å². The van der Waals surface area contributed by atoms with Gasteiger partial charge >= 0.3 is 6.09 Å². The number of aliphatic hydroxyl groups excluding tert-OH is 1. The predicted octanol–water partition coefficient (Wildman–Crippen LogP) is 4.07. The lowest BCUT2D eigenvalue weighted by molar-refractivity contribution is 0.0864. The largest absolute Gasteiger partial charge is 0.446 e. The number of fused-ring (bicyclic) bond motifs is 2. The third-order valence-electron chi connectivity index (χ3n) is 5.74. The Morgan fingerprint density at radius 2 is 1.91 bits per heavy atom. The number of rotatable bonds is 3. The minimum atomic E-state index is -1.25. The van der Waals surface area contributed by atoms with Crippen LogP contribution in [0.5, 0.6) is 0 Å². The molecule has 4 N–H and O–H groups in total. The van der Waals surface area contributed by atoms with E-state index in [0.29, 0.717) is 22.3 Å². The maximum absolute atomic E-state index is 13.9. The first-order chi connectivity index (χ1) is 15.5. The van der Waals surface area contributed by atoms with E-state index in [-0.39, 0.29) is 23.2 Å². The summed E-state index contributed by atoms with van der Waals surface area (Å²) in [6.07, 6.45) is 3.14. The lowest BCUT2D eigenvalue weighted by Crippen LogP contribution is -2.27. The quantitative estimate of drug-likeness (QED) is 0.490. The molecular weight excluding hydrogens is 420 g/mol. The molecular formula is C22H21F2N5O3. The molecule has 0 saturated heterocycles. The highest BCUT2D eigenvalue weighted by Crippen LogP contribution is 2.28. The zero-order valence-corrected chi connectivity index (χ0v) is 17.0. The molecule has 1 amide bonds. The van der Waals surface area contributed by atoms with E-state index in [2.05, 4.69) is 25.8 Å². The number of hydrogen-bond donors (Lipinski definition) is 4. The summed E-state index contributed by atoms with van der Waals surface area (Å²) in [5, 5.41) is 16.8. The van der Waals surface area contributed by atoms with Crippen LogP contribution in [-0.4, -0.2) is 33.0 Å². The molecule has 2 heterocycles. The summed E-state index contributed by atoms with van der Waals surface area (Å²) in [5.74, 6) is -1.84. The average molecular weight is 441 g/mol. The Labute approximate surface area is 181 Å². The van der Waals surface area contributed by atoms with E-state index in [1.165, 1.54) is 6.42 Å². The lowest BCUT2D eigenvalue weighted by atomic mass is 9.95. The van der Waals surface area contributed by atoms with Gasteiger partial charge in [0, 0.05) is 16.7 Å². The van der Waals surface area contributed by atoms with Crippen LogP contribution in [0.4, 0.5) is 19.5 Å². The SMILES string of the molecule is O=C(Nc1nc2cc(C3=NNC(O)c4cc(F)c(F)cc43)ccc2[nH]1)OC1CCCCC1. The number of halogens is 2. The molecule has 0 spiro atoms. The number of nitrogens with zero attached hydrogens (tertiary/aromatic N) is 2. The van der Waals surface area contributed by atoms with Crippen molar-refractivity contribution in [3.05, 3.63) is 58.7 Å². The van der Waals surface area contributed by atoms with E-state index in [9.17, 15) is 18.7 Å². The van der Waals surface area contributed by atoms with Crippen LogP contribution in [-0.2, 0) is 4.74 Å². The molecule has 1 aliphatic carbocycles. The second-order valence-electron chi connectivity index (χ2n) is 7.95. The summed E-state index contributed by atoms with van der Waals surface area (Å²) in [7, 11) is 0. The second-order valence-corrected chi connectivity index (χ2v) is 7.95. The minimum Gasteiger partial charge on any atom is -0.446 e. The number of carbonyl (C=O) groups excluding carboxylic acids is 1. The van der Waals surface area contributed by atoms with Crippen LogP contribution in [0.2, 0.25) is 0 Å². The lowest BCUT2D eigenvalue weighted by Gasteiger charge is -2.22. The van der Waals surface area contributed by atoms with Gasteiger partial charge in [-0.05, 0) is 49.9 Å². The number of hydrogen-bond acceptors (Lipinski definition) is 6. The van der Waals surface area contributed by atoms with Crippen molar-refractivity contribution in [2.75, 3.05) is 5.32 Å². The van der Waals surface area contributed by atoms with Gasteiger partial charge in [-0.3, -0.25) is 10.7 Å². The van der Waals surface area contributed by atoms with Gasteiger partial charge in [-0.25, -0.2) is 18.6 Å².